The van der Waals surface area contributed by atoms with E-state index in [1.807, 2.05) is 0 Å². The summed E-state index contributed by atoms with van der Waals surface area (Å²) in [4.78, 5) is 0. The number of hydrogen-bond acceptors (Lipinski definition) is 1. The van der Waals surface area contributed by atoms with Crippen LogP contribution in [0, 0.1) is 17.8 Å². The van der Waals surface area contributed by atoms with E-state index in [2.05, 4.69) is 13.8 Å². The highest BCUT2D eigenvalue weighted by molar-refractivity contribution is 4.83. The first-order valence-electron chi connectivity index (χ1n) is 4.49. The Morgan fingerprint density at radius 1 is 1.50 bits per heavy atom. The highest BCUT2D eigenvalue weighted by Gasteiger charge is 2.32. The van der Waals surface area contributed by atoms with Crippen LogP contribution in [0.5, 0.6) is 0 Å². The highest BCUT2D eigenvalue weighted by atomic mass is 14.6. The van der Waals surface area contributed by atoms with E-state index >= 15 is 0 Å². The second kappa shape index (κ2) is 3.38. The Labute approximate surface area is 64.0 Å². The first kappa shape index (κ1) is 8.06. The topological polar surface area (TPSA) is 26.0 Å². The van der Waals surface area contributed by atoms with Gasteiger partial charge in [0.2, 0.25) is 0 Å². The van der Waals surface area contributed by atoms with Crippen LogP contribution in [0.2, 0.25) is 0 Å². The van der Waals surface area contributed by atoms with E-state index in [9.17, 15) is 0 Å². The molecule has 2 atom stereocenters. The molecule has 2 unspecified atom stereocenters. The van der Waals surface area contributed by atoms with E-state index in [1.165, 1.54) is 19.3 Å². The van der Waals surface area contributed by atoms with Crippen molar-refractivity contribution in [1.29, 1.82) is 0 Å². The Balaban J connectivity index is 2.30. The van der Waals surface area contributed by atoms with E-state index in [0.29, 0.717) is 0 Å². The number of nitrogens with two attached hydrogens (primary N) is 1. The molecule has 1 aliphatic carbocycles. The van der Waals surface area contributed by atoms with Gasteiger partial charge in [-0.2, -0.15) is 0 Å². The van der Waals surface area contributed by atoms with Gasteiger partial charge in [0.15, 0.2) is 0 Å². The lowest BCUT2D eigenvalue weighted by molar-refractivity contribution is 0.314. The minimum Gasteiger partial charge on any atom is -0.330 e. The van der Waals surface area contributed by atoms with E-state index in [4.69, 9.17) is 5.73 Å². The van der Waals surface area contributed by atoms with Crippen molar-refractivity contribution in [2.45, 2.75) is 33.1 Å². The maximum atomic E-state index is 5.61. The summed E-state index contributed by atoms with van der Waals surface area (Å²) in [6.45, 7) is 5.44. The summed E-state index contributed by atoms with van der Waals surface area (Å²) < 4.78 is 0. The molecule has 0 saturated heterocycles. The van der Waals surface area contributed by atoms with Crippen LogP contribution in [-0.4, -0.2) is 6.54 Å². The number of rotatable bonds is 4. The molecule has 0 amide bonds. The van der Waals surface area contributed by atoms with Gasteiger partial charge >= 0.3 is 0 Å². The van der Waals surface area contributed by atoms with Gasteiger partial charge in [0.05, 0.1) is 0 Å². The van der Waals surface area contributed by atoms with Crippen molar-refractivity contribution < 1.29 is 0 Å². The maximum Gasteiger partial charge on any atom is -0.00488 e. The van der Waals surface area contributed by atoms with E-state index in [0.717, 1.165) is 24.3 Å². The average molecular weight is 141 g/mol. The van der Waals surface area contributed by atoms with E-state index in [1.54, 1.807) is 0 Å². The molecule has 0 aromatic heterocycles. The van der Waals surface area contributed by atoms with Crippen LogP contribution in [0.3, 0.4) is 0 Å². The smallest absolute Gasteiger partial charge is 0.00488 e. The fraction of sp³-hybridized carbons (Fsp3) is 1.00. The van der Waals surface area contributed by atoms with Crippen molar-refractivity contribution in [3.63, 3.8) is 0 Å². The van der Waals surface area contributed by atoms with Crippen molar-refractivity contribution in [3.05, 3.63) is 0 Å². The summed E-state index contributed by atoms with van der Waals surface area (Å²) >= 11 is 0. The highest BCUT2D eigenvalue weighted by Crippen LogP contribution is 2.41. The normalized spacial score (nSPS) is 24.3. The predicted octanol–water partition coefficient (Wildman–Crippen LogP) is 2.02. The molecule has 0 heterocycles. The zero-order chi connectivity index (χ0) is 7.56. The largest absolute Gasteiger partial charge is 0.330 e. The molecule has 0 spiro atoms. The molecule has 60 valence electrons. The second-order valence-corrected chi connectivity index (χ2v) is 3.62. The minimum atomic E-state index is 0.748. The van der Waals surface area contributed by atoms with Crippen LogP contribution in [0.1, 0.15) is 33.1 Å². The maximum absolute atomic E-state index is 5.61. The van der Waals surface area contributed by atoms with Crippen LogP contribution in [0.15, 0.2) is 0 Å². The first-order chi connectivity index (χ1) is 4.79. The summed E-state index contributed by atoms with van der Waals surface area (Å²) in [5, 5.41) is 0. The van der Waals surface area contributed by atoms with Crippen molar-refractivity contribution in [1.82, 2.24) is 0 Å². The molecule has 1 rings (SSSR count). The molecule has 1 saturated carbocycles. The quantitative estimate of drug-likeness (QED) is 0.637. The van der Waals surface area contributed by atoms with Gasteiger partial charge in [0.1, 0.15) is 0 Å². The monoisotopic (exact) mass is 141 g/mol. The van der Waals surface area contributed by atoms with Gasteiger partial charge in [-0.25, -0.2) is 0 Å². The van der Waals surface area contributed by atoms with Crippen LogP contribution in [0.4, 0.5) is 0 Å². The Morgan fingerprint density at radius 2 is 2.10 bits per heavy atom. The van der Waals surface area contributed by atoms with Crippen LogP contribution >= 0.6 is 0 Å². The third kappa shape index (κ3) is 1.72. The summed E-state index contributed by atoms with van der Waals surface area (Å²) in [6, 6.07) is 0. The SMILES string of the molecule is CCC(C(C)CN)C1CC1. The van der Waals surface area contributed by atoms with Gasteiger partial charge in [-0.05, 0) is 37.1 Å². The molecule has 0 aromatic rings. The van der Waals surface area contributed by atoms with Crippen LogP contribution < -0.4 is 5.73 Å². The Morgan fingerprint density at radius 3 is 2.40 bits per heavy atom. The molecule has 0 aromatic carbocycles. The summed E-state index contributed by atoms with van der Waals surface area (Å²) in [5.74, 6) is 2.70. The van der Waals surface area contributed by atoms with Gasteiger partial charge in [0, 0.05) is 0 Å². The average Bonchev–Trinajstić information content (AvgIpc) is 2.73. The molecular formula is C9H19N. The standard InChI is InChI=1S/C9H19N/c1-3-9(7(2)6-10)8-4-5-8/h7-9H,3-6,10H2,1-2H3. The van der Waals surface area contributed by atoms with Crippen molar-refractivity contribution in [2.75, 3.05) is 6.54 Å². The Hall–Kier alpha value is -0.0400. The Bertz CT molecular complexity index is 96.9. The van der Waals surface area contributed by atoms with Gasteiger partial charge < -0.3 is 5.73 Å². The van der Waals surface area contributed by atoms with E-state index < -0.39 is 0 Å². The molecule has 10 heavy (non-hydrogen) atoms. The van der Waals surface area contributed by atoms with E-state index in [-0.39, 0.29) is 0 Å². The molecule has 1 heteroatoms. The van der Waals surface area contributed by atoms with Crippen molar-refractivity contribution in [3.8, 4) is 0 Å². The summed E-state index contributed by atoms with van der Waals surface area (Å²) in [5.41, 5.74) is 5.61. The van der Waals surface area contributed by atoms with Gasteiger partial charge in [-0.3, -0.25) is 0 Å². The zero-order valence-electron chi connectivity index (χ0n) is 7.14. The van der Waals surface area contributed by atoms with Crippen molar-refractivity contribution >= 4 is 0 Å². The fourth-order valence-corrected chi connectivity index (χ4v) is 1.90. The number of hydrogen-bond donors (Lipinski definition) is 1. The van der Waals surface area contributed by atoms with Crippen molar-refractivity contribution in [2.24, 2.45) is 23.5 Å². The molecule has 0 aliphatic heterocycles. The molecule has 1 fully saturated rings. The molecule has 0 radical (unpaired) electrons. The van der Waals surface area contributed by atoms with Gasteiger partial charge in [-0.15, -0.1) is 0 Å². The second-order valence-electron chi connectivity index (χ2n) is 3.62. The lowest BCUT2D eigenvalue weighted by Gasteiger charge is -2.20. The molecule has 2 N–H and O–H groups in total. The lowest BCUT2D eigenvalue weighted by Crippen LogP contribution is -2.21. The summed E-state index contributed by atoms with van der Waals surface area (Å²) in [7, 11) is 0. The molecular weight excluding hydrogens is 122 g/mol. The first-order valence-corrected chi connectivity index (χ1v) is 4.49. The molecule has 1 aliphatic rings. The third-order valence-corrected chi connectivity index (χ3v) is 2.80. The zero-order valence-corrected chi connectivity index (χ0v) is 7.14. The summed E-state index contributed by atoms with van der Waals surface area (Å²) in [6.07, 6.45) is 4.24. The fourth-order valence-electron chi connectivity index (χ4n) is 1.90. The molecule has 0 bridgehead atoms. The van der Waals surface area contributed by atoms with Crippen LogP contribution in [-0.2, 0) is 0 Å². The third-order valence-electron chi connectivity index (χ3n) is 2.80. The van der Waals surface area contributed by atoms with Gasteiger partial charge in [0.25, 0.3) is 0 Å². The molecule has 1 nitrogen and oxygen atoms in total. The minimum absolute atomic E-state index is 0.748. The lowest BCUT2D eigenvalue weighted by atomic mass is 9.87. The van der Waals surface area contributed by atoms with Gasteiger partial charge in [-0.1, -0.05) is 20.3 Å². The predicted molar refractivity (Wildman–Crippen MR) is 44.7 cm³/mol. The Kier molecular flexibility index (Phi) is 2.72. The van der Waals surface area contributed by atoms with Crippen LogP contribution in [0.25, 0.3) is 0 Å².